The van der Waals surface area contributed by atoms with Crippen molar-refractivity contribution in [3.8, 4) is 33.9 Å². The Kier molecular flexibility index (Phi) is 4.97. The third kappa shape index (κ3) is 3.47. The molecule has 5 aromatic rings. The maximum atomic E-state index is 2.32. The third-order valence-corrected chi connectivity index (χ3v) is 5.81. The summed E-state index contributed by atoms with van der Waals surface area (Å²) in [4.78, 5) is 0. The fourth-order valence-electron chi connectivity index (χ4n) is 4.22. The highest BCUT2D eigenvalue weighted by Gasteiger charge is 2.29. The minimum atomic E-state index is 1.14. The number of nitrogens with zero attached hydrogens (tertiary/aromatic N) is 2. The molecule has 0 amide bonds. The molecule has 0 unspecified atom stereocenters. The van der Waals surface area contributed by atoms with Gasteiger partial charge in [-0.1, -0.05) is 84.9 Å². The molecule has 2 nitrogen and oxygen atoms in total. The number of aryl methyl sites for hydroxylation is 2. The zero-order valence-corrected chi connectivity index (χ0v) is 17.9. The second-order valence-electron chi connectivity index (χ2n) is 7.85. The molecule has 31 heavy (non-hydrogen) atoms. The number of para-hydroxylation sites is 2. The quantitative estimate of drug-likeness (QED) is 0.296. The Morgan fingerprint density at radius 2 is 1.06 bits per heavy atom. The van der Waals surface area contributed by atoms with E-state index in [4.69, 9.17) is 0 Å². The summed E-state index contributed by atoms with van der Waals surface area (Å²) in [5.74, 6) is 0. The molecule has 0 aliphatic heterocycles. The molecule has 2 heteroatoms. The lowest BCUT2D eigenvalue weighted by molar-refractivity contribution is -0.583. The average Bonchev–Trinajstić information content (AvgIpc) is 3.21. The maximum absolute atomic E-state index is 2.32. The van der Waals surface area contributed by atoms with Gasteiger partial charge in [-0.05, 0) is 49.2 Å². The van der Waals surface area contributed by atoms with Gasteiger partial charge in [0.15, 0.2) is 11.4 Å². The summed E-state index contributed by atoms with van der Waals surface area (Å²) in [5, 5.41) is 0. The molecule has 0 aliphatic carbocycles. The summed E-state index contributed by atoms with van der Waals surface area (Å²) in [6.45, 7) is 4.37. The van der Waals surface area contributed by atoms with Crippen LogP contribution in [0.15, 0.2) is 116 Å². The molecule has 0 saturated carbocycles. The van der Waals surface area contributed by atoms with Crippen LogP contribution in [-0.4, -0.2) is 4.57 Å². The monoisotopic (exact) mass is 401 g/mol. The predicted molar refractivity (Wildman–Crippen MR) is 128 cm³/mol. The first kappa shape index (κ1) is 19.1. The fraction of sp³-hybridized carbons (Fsp3) is 0.0690. The Hall–Kier alpha value is -3.91. The van der Waals surface area contributed by atoms with E-state index >= 15 is 0 Å². The van der Waals surface area contributed by atoms with Gasteiger partial charge < -0.3 is 0 Å². The minimum Gasteiger partial charge on any atom is -0.194 e. The van der Waals surface area contributed by atoms with E-state index in [9.17, 15) is 0 Å². The average molecular weight is 402 g/mol. The van der Waals surface area contributed by atoms with Crippen LogP contribution in [0.25, 0.3) is 33.9 Å². The molecule has 0 atom stereocenters. The summed E-state index contributed by atoms with van der Waals surface area (Å²) in [7, 11) is 0. The summed E-state index contributed by atoms with van der Waals surface area (Å²) >= 11 is 0. The second kappa shape index (κ2) is 8.08. The Morgan fingerprint density at radius 1 is 0.548 bits per heavy atom. The van der Waals surface area contributed by atoms with Crippen molar-refractivity contribution in [1.82, 2.24) is 4.57 Å². The SMILES string of the molecule is Cc1ccccc1-c1c(-c2ccccc2C)[n+](-c2ccccc2)cn1-c1ccccc1. The van der Waals surface area contributed by atoms with Crippen LogP contribution in [0.5, 0.6) is 0 Å². The van der Waals surface area contributed by atoms with Crippen LogP contribution >= 0.6 is 0 Å². The van der Waals surface area contributed by atoms with Gasteiger partial charge in [0, 0.05) is 11.1 Å². The van der Waals surface area contributed by atoms with Gasteiger partial charge in [-0.15, -0.1) is 0 Å². The van der Waals surface area contributed by atoms with E-state index in [1.54, 1.807) is 0 Å². The highest BCUT2D eigenvalue weighted by atomic mass is 15.2. The third-order valence-electron chi connectivity index (χ3n) is 5.81. The fourth-order valence-corrected chi connectivity index (χ4v) is 4.22. The van der Waals surface area contributed by atoms with E-state index in [1.807, 2.05) is 0 Å². The summed E-state index contributed by atoms with van der Waals surface area (Å²) in [6.07, 6.45) is 2.22. The topological polar surface area (TPSA) is 8.81 Å². The van der Waals surface area contributed by atoms with Crippen molar-refractivity contribution in [3.05, 3.63) is 127 Å². The number of hydrogen-bond donors (Lipinski definition) is 0. The van der Waals surface area contributed by atoms with Gasteiger partial charge in [-0.2, -0.15) is 9.13 Å². The lowest BCUT2D eigenvalue weighted by Gasteiger charge is -2.10. The lowest BCUT2D eigenvalue weighted by Crippen LogP contribution is -2.31. The van der Waals surface area contributed by atoms with E-state index in [-0.39, 0.29) is 0 Å². The molecule has 150 valence electrons. The summed E-state index contributed by atoms with van der Waals surface area (Å²) in [6, 6.07) is 38.4. The van der Waals surface area contributed by atoms with Crippen molar-refractivity contribution >= 4 is 0 Å². The number of hydrogen-bond acceptors (Lipinski definition) is 0. The Labute approximate surface area is 183 Å². The van der Waals surface area contributed by atoms with Crippen LogP contribution in [-0.2, 0) is 0 Å². The van der Waals surface area contributed by atoms with Gasteiger partial charge in [0.05, 0.1) is 0 Å². The highest BCUT2D eigenvalue weighted by molar-refractivity contribution is 5.81. The normalized spacial score (nSPS) is 10.9. The van der Waals surface area contributed by atoms with Crippen molar-refractivity contribution in [3.63, 3.8) is 0 Å². The van der Waals surface area contributed by atoms with E-state index < -0.39 is 0 Å². The summed E-state index contributed by atoms with van der Waals surface area (Å²) < 4.78 is 4.63. The van der Waals surface area contributed by atoms with Gasteiger partial charge in [-0.25, -0.2) is 0 Å². The zero-order valence-electron chi connectivity index (χ0n) is 17.9. The van der Waals surface area contributed by atoms with Gasteiger partial charge in [0.2, 0.25) is 0 Å². The molecule has 5 rings (SSSR count). The number of rotatable bonds is 4. The number of aromatic nitrogens is 2. The van der Waals surface area contributed by atoms with Crippen molar-refractivity contribution in [2.24, 2.45) is 0 Å². The van der Waals surface area contributed by atoms with Crippen molar-refractivity contribution in [2.45, 2.75) is 13.8 Å². The molecule has 0 aliphatic rings. The largest absolute Gasteiger partial charge is 0.255 e. The molecule has 0 fully saturated rings. The number of benzene rings is 4. The molecule has 1 heterocycles. The first-order valence-corrected chi connectivity index (χ1v) is 10.6. The van der Waals surface area contributed by atoms with Gasteiger partial charge in [0.1, 0.15) is 11.4 Å². The Balaban J connectivity index is 1.94. The Bertz CT molecular complexity index is 1230. The van der Waals surface area contributed by atoms with Crippen LogP contribution in [0.1, 0.15) is 11.1 Å². The van der Waals surface area contributed by atoms with E-state index in [2.05, 4.69) is 139 Å². The second-order valence-corrected chi connectivity index (χ2v) is 7.85. The molecular formula is C29H25N2+. The van der Waals surface area contributed by atoms with Crippen LogP contribution < -0.4 is 4.57 Å². The molecular weight excluding hydrogens is 376 g/mol. The van der Waals surface area contributed by atoms with E-state index in [0.717, 1.165) is 11.4 Å². The van der Waals surface area contributed by atoms with Crippen LogP contribution in [0.3, 0.4) is 0 Å². The first-order chi connectivity index (χ1) is 15.2. The van der Waals surface area contributed by atoms with Crippen LogP contribution in [0, 0.1) is 13.8 Å². The standard InChI is InChI=1S/C29H25N2/c1-22-13-9-11-19-26(22)28-29(27-20-12-10-14-23(27)2)31(25-17-7-4-8-18-25)21-30(28)24-15-5-3-6-16-24/h3-21H,1-2H3/q+1. The zero-order chi connectivity index (χ0) is 21.2. The van der Waals surface area contributed by atoms with Crippen LogP contribution in [0.4, 0.5) is 0 Å². The highest BCUT2D eigenvalue weighted by Crippen LogP contribution is 2.36. The first-order valence-electron chi connectivity index (χ1n) is 10.6. The predicted octanol–water partition coefficient (Wildman–Crippen LogP) is 6.70. The molecule has 0 bridgehead atoms. The van der Waals surface area contributed by atoms with Crippen LogP contribution in [0.2, 0.25) is 0 Å². The summed E-state index contributed by atoms with van der Waals surface area (Å²) in [5.41, 5.74) is 9.67. The molecule has 0 saturated heterocycles. The maximum Gasteiger partial charge on any atom is 0.255 e. The van der Waals surface area contributed by atoms with Gasteiger partial charge >= 0.3 is 0 Å². The smallest absolute Gasteiger partial charge is 0.194 e. The molecule has 4 aromatic carbocycles. The van der Waals surface area contributed by atoms with E-state index in [0.29, 0.717) is 0 Å². The molecule has 0 N–H and O–H groups in total. The molecule has 0 radical (unpaired) electrons. The molecule has 0 spiro atoms. The number of imidazole rings is 1. The Morgan fingerprint density at radius 3 is 1.68 bits per heavy atom. The van der Waals surface area contributed by atoms with Crippen molar-refractivity contribution in [2.75, 3.05) is 0 Å². The minimum absolute atomic E-state index is 1.14. The van der Waals surface area contributed by atoms with E-state index in [1.165, 1.54) is 33.6 Å². The lowest BCUT2D eigenvalue weighted by atomic mass is 9.97. The van der Waals surface area contributed by atoms with Gasteiger partial charge in [-0.3, -0.25) is 0 Å². The molecule has 1 aromatic heterocycles. The van der Waals surface area contributed by atoms with Gasteiger partial charge in [0.25, 0.3) is 6.33 Å². The van der Waals surface area contributed by atoms with Crippen molar-refractivity contribution < 1.29 is 4.57 Å². The van der Waals surface area contributed by atoms with Crippen molar-refractivity contribution in [1.29, 1.82) is 0 Å².